The van der Waals surface area contributed by atoms with Gasteiger partial charge in [-0.15, -0.1) is 5.10 Å². The van der Waals surface area contributed by atoms with Crippen molar-refractivity contribution >= 4 is 17.3 Å². The number of aryl methyl sites for hydroxylation is 3. The van der Waals surface area contributed by atoms with Gasteiger partial charge in [-0.3, -0.25) is 9.48 Å². The number of carbonyl (C=O) groups is 1. The molecule has 0 unspecified atom stereocenters. The van der Waals surface area contributed by atoms with Crippen molar-refractivity contribution in [3.05, 3.63) is 96.1 Å². The fraction of sp³-hybridized carbons (Fsp3) is 0.160. The van der Waals surface area contributed by atoms with Crippen LogP contribution in [0.4, 0.5) is 15.8 Å². The lowest BCUT2D eigenvalue weighted by molar-refractivity contribution is -0.116. The predicted molar refractivity (Wildman–Crippen MR) is 123 cm³/mol. The Bertz CT molecular complexity index is 1190. The van der Waals surface area contributed by atoms with Gasteiger partial charge in [0.25, 0.3) is 0 Å². The molecule has 0 aliphatic heterocycles. The van der Waals surface area contributed by atoms with E-state index in [4.69, 9.17) is 5.73 Å². The van der Waals surface area contributed by atoms with Gasteiger partial charge in [-0.1, -0.05) is 53.7 Å². The summed E-state index contributed by atoms with van der Waals surface area (Å²) in [6.45, 7) is 0.633. The van der Waals surface area contributed by atoms with Crippen molar-refractivity contribution in [2.24, 2.45) is 0 Å². The fourth-order valence-corrected chi connectivity index (χ4v) is 3.39. The van der Waals surface area contributed by atoms with E-state index in [0.717, 1.165) is 28.8 Å². The molecule has 4 rings (SSSR count). The van der Waals surface area contributed by atoms with E-state index in [1.54, 1.807) is 22.9 Å². The highest BCUT2D eigenvalue weighted by Gasteiger charge is 2.10. The van der Waals surface area contributed by atoms with Crippen LogP contribution in [0, 0.1) is 5.82 Å². The topological polar surface area (TPSA) is 85.8 Å². The van der Waals surface area contributed by atoms with Crippen LogP contribution in [-0.4, -0.2) is 20.9 Å². The summed E-state index contributed by atoms with van der Waals surface area (Å²) in [5.41, 5.74) is 11.0. The number of nitrogen functional groups attached to an aromatic ring is 1. The maximum atomic E-state index is 13.0. The standard InChI is InChI=1S/C25H24FN5O/c26-21-9-6-18(7-10-21)14-15-31-17-22(29-30-31)11-13-25(32)28-24-16-20(8-12-23(24)27)19-4-2-1-3-5-19/h1-10,12,16-17H,11,13-15,27H2,(H,28,32). The highest BCUT2D eigenvalue weighted by molar-refractivity contribution is 5.95. The molecule has 3 N–H and O–H groups in total. The quantitative estimate of drug-likeness (QED) is 0.405. The second-order valence-corrected chi connectivity index (χ2v) is 7.57. The average Bonchev–Trinajstić information content (AvgIpc) is 3.27. The van der Waals surface area contributed by atoms with Crippen molar-refractivity contribution in [3.8, 4) is 11.1 Å². The van der Waals surface area contributed by atoms with Crippen LogP contribution in [0.5, 0.6) is 0 Å². The van der Waals surface area contributed by atoms with Gasteiger partial charge >= 0.3 is 0 Å². The van der Waals surface area contributed by atoms with Crippen LogP contribution in [-0.2, 0) is 24.2 Å². The first-order valence-corrected chi connectivity index (χ1v) is 10.4. The number of nitrogens with one attached hydrogen (secondary N) is 1. The van der Waals surface area contributed by atoms with E-state index in [0.29, 0.717) is 24.3 Å². The van der Waals surface area contributed by atoms with Crippen LogP contribution in [0.3, 0.4) is 0 Å². The zero-order chi connectivity index (χ0) is 22.3. The van der Waals surface area contributed by atoms with Gasteiger partial charge in [0.1, 0.15) is 5.82 Å². The summed E-state index contributed by atoms with van der Waals surface area (Å²) in [6.07, 6.45) is 3.30. The number of anilines is 2. The maximum absolute atomic E-state index is 13.0. The van der Waals surface area contributed by atoms with Gasteiger partial charge in [0.05, 0.1) is 17.1 Å². The number of hydrogen-bond acceptors (Lipinski definition) is 4. The van der Waals surface area contributed by atoms with E-state index >= 15 is 0 Å². The Morgan fingerprint density at radius 2 is 1.75 bits per heavy atom. The highest BCUT2D eigenvalue weighted by Crippen LogP contribution is 2.27. The Hall–Kier alpha value is -4.00. The molecule has 1 aromatic heterocycles. The molecule has 0 fully saturated rings. The van der Waals surface area contributed by atoms with Gasteiger partial charge in [0.15, 0.2) is 0 Å². The third kappa shape index (κ3) is 5.57. The van der Waals surface area contributed by atoms with Crippen molar-refractivity contribution in [2.45, 2.75) is 25.8 Å². The van der Waals surface area contributed by atoms with E-state index in [1.807, 2.05) is 48.7 Å². The second kappa shape index (κ2) is 9.87. The Morgan fingerprint density at radius 1 is 0.969 bits per heavy atom. The molecule has 0 spiro atoms. The van der Waals surface area contributed by atoms with Crippen molar-refractivity contribution in [2.75, 3.05) is 11.1 Å². The lowest BCUT2D eigenvalue weighted by Crippen LogP contribution is -2.13. The maximum Gasteiger partial charge on any atom is 0.224 e. The minimum Gasteiger partial charge on any atom is -0.397 e. The van der Waals surface area contributed by atoms with Crippen LogP contribution in [0.25, 0.3) is 11.1 Å². The third-order valence-electron chi connectivity index (χ3n) is 5.17. The number of nitrogens with two attached hydrogens (primary N) is 1. The van der Waals surface area contributed by atoms with Crippen molar-refractivity contribution in [1.29, 1.82) is 0 Å². The van der Waals surface area contributed by atoms with Crippen molar-refractivity contribution in [1.82, 2.24) is 15.0 Å². The van der Waals surface area contributed by atoms with Crippen LogP contribution >= 0.6 is 0 Å². The number of carbonyl (C=O) groups excluding carboxylic acids is 1. The largest absolute Gasteiger partial charge is 0.397 e. The lowest BCUT2D eigenvalue weighted by Gasteiger charge is -2.10. The van der Waals surface area contributed by atoms with Gasteiger partial charge in [0, 0.05) is 25.6 Å². The Kier molecular flexibility index (Phi) is 6.55. The first kappa shape index (κ1) is 21.2. The number of benzene rings is 3. The van der Waals surface area contributed by atoms with E-state index in [2.05, 4.69) is 15.6 Å². The molecule has 3 aromatic carbocycles. The van der Waals surface area contributed by atoms with Gasteiger partial charge in [-0.05, 0) is 47.4 Å². The molecule has 0 aliphatic carbocycles. The Morgan fingerprint density at radius 3 is 2.53 bits per heavy atom. The number of nitrogens with zero attached hydrogens (tertiary/aromatic N) is 3. The van der Waals surface area contributed by atoms with Gasteiger partial charge in [-0.25, -0.2) is 4.39 Å². The van der Waals surface area contributed by atoms with Crippen molar-refractivity contribution < 1.29 is 9.18 Å². The molecule has 0 saturated heterocycles. The summed E-state index contributed by atoms with van der Waals surface area (Å²) in [6, 6.07) is 21.9. The molecule has 0 aliphatic rings. The summed E-state index contributed by atoms with van der Waals surface area (Å²) >= 11 is 0. The Balaban J connectivity index is 1.30. The molecule has 0 radical (unpaired) electrons. The van der Waals surface area contributed by atoms with Gasteiger partial charge in [0.2, 0.25) is 5.91 Å². The Labute approximate surface area is 185 Å². The van der Waals surface area contributed by atoms with Crippen LogP contribution in [0.1, 0.15) is 17.7 Å². The lowest BCUT2D eigenvalue weighted by atomic mass is 10.0. The predicted octanol–water partition coefficient (Wildman–Crippen LogP) is 4.48. The van der Waals surface area contributed by atoms with E-state index < -0.39 is 0 Å². The number of aromatic nitrogens is 3. The molecule has 1 amide bonds. The molecule has 7 heteroatoms. The van der Waals surface area contributed by atoms with Crippen LogP contribution in [0.2, 0.25) is 0 Å². The first-order chi connectivity index (χ1) is 15.6. The summed E-state index contributed by atoms with van der Waals surface area (Å²) in [4.78, 5) is 12.5. The monoisotopic (exact) mass is 429 g/mol. The zero-order valence-corrected chi connectivity index (χ0v) is 17.5. The first-order valence-electron chi connectivity index (χ1n) is 10.4. The smallest absolute Gasteiger partial charge is 0.224 e. The third-order valence-corrected chi connectivity index (χ3v) is 5.17. The number of halogens is 1. The minimum absolute atomic E-state index is 0.136. The molecule has 4 aromatic rings. The molecule has 32 heavy (non-hydrogen) atoms. The molecular formula is C25H24FN5O. The van der Waals surface area contributed by atoms with E-state index in [1.165, 1.54) is 12.1 Å². The van der Waals surface area contributed by atoms with Crippen molar-refractivity contribution in [3.63, 3.8) is 0 Å². The molecule has 162 valence electrons. The van der Waals surface area contributed by atoms with E-state index in [-0.39, 0.29) is 18.1 Å². The molecule has 6 nitrogen and oxygen atoms in total. The van der Waals surface area contributed by atoms with Crippen LogP contribution in [0.15, 0.2) is 79.0 Å². The normalized spacial score (nSPS) is 10.8. The SMILES string of the molecule is Nc1ccc(-c2ccccc2)cc1NC(=O)CCc1cn(CCc2ccc(F)cc2)nn1. The highest BCUT2D eigenvalue weighted by atomic mass is 19.1. The molecule has 1 heterocycles. The summed E-state index contributed by atoms with van der Waals surface area (Å²) < 4.78 is 14.7. The van der Waals surface area contributed by atoms with Gasteiger partial charge in [-0.2, -0.15) is 0 Å². The molecule has 0 saturated carbocycles. The summed E-state index contributed by atoms with van der Waals surface area (Å²) in [5, 5.41) is 11.2. The number of rotatable bonds is 8. The molecular weight excluding hydrogens is 405 g/mol. The van der Waals surface area contributed by atoms with Gasteiger partial charge < -0.3 is 11.1 Å². The molecule has 0 atom stereocenters. The number of hydrogen-bond donors (Lipinski definition) is 2. The van der Waals surface area contributed by atoms with E-state index in [9.17, 15) is 9.18 Å². The fourth-order valence-electron chi connectivity index (χ4n) is 3.39. The molecule has 0 bridgehead atoms. The summed E-state index contributed by atoms with van der Waals surface area (Å²) in [7, 11) is 0. The second-order valence-electron chi connectivity index (χ2n) is 7.57. The average molecular weight is 429 g/mol. The zero-order valence-electron chi connectivity index (χ0n) is 17.5. The minimum atomic E-state index is -0.247. The number of amides is 1. The van der Waals surface area contributed by atoms with Crippen LogP contribution < -0.4 is 11.1 Å². The summed E-state index contributed by atoms with van der Waals surface area (Å²) in [5.74, 6) is -0.383.